The molecule has 0 saturated carbocycles. The predicted molar refractivity (Wildman–Crippen MR) is 70.0 cm³/mol. The van der Waals surface area contributed by atoms with E-state index < -0.39 is 0 Å². The van der Waals surface area contributed by atoms with Crippen LogP contribution in [-0.2, 0) is 0 Å². The second-order valence-corrected chi connectivity index (χ2v) is 5.63. The molecule has 0 amide bonds. The molecule has 0 aromatic heterocycles. The molecule has 1 atom stereocenters. The van der Waals surface area contributed by atoms with Crippen molar-refractivity contribution in [3.8, 4) is 0 Å². The van der Waals surface area contributed by atoms with Crippen molar-refractivity contribution >= 4 is 5.69 Å². The first-order chi connectivity index (χ1) is 7.46. The van der Waals surface area contributed by atoms with Gasteiger partial charge in [-0.15, -0.1) is 0 Å². The third kappa shape index (κ3) is 2.56. The zero-order valence-corrected chi connectivity index (χ0v) is 10.7. The molecule has 2 N–H and O–H groups in total. The standard InChI is InChI=1S/C14H22N2/c1-10-5-6-13(11(2)7-10)16-12-8-14(3,4)15-9-12/h5-7,12,15-16H,8-9H2,1-4H3. The molecule has 1 aromatic rings. The highest BCUT2D eigenvalue weighted by Crippen LogP contribution is 2.23. The van der Waals surface area contributed by atoms with Crippen LogP contribution in [0.3, 0.4) is 0 Å². The highest BCUT2D eigenvalue weighted by molar-refractivity contribution is 5.52. The summed E-state index contributed by atoms with van der Waals surface area (Å²) in [6.45, 7) is 9.88. The summed E-state index contributed by atoms with van der Waals surface area (Å²) in [5.74, 6) is 0. The van der Waals surface area contributed by atoms with Gasteiger partial charge in [0.15, 0.2) is 0 Å². The lowest BCUT2D eigenvalue weighted by Crippen LogP contribution is -2.31. The average molecular weight is 218 g/mol. The Kier molecular flexibility index (Phi) is 2.94. The van der Waals surface area contributed by atoms with Gasteiger partial charge >= 0.3 is 0 Å². The summed E-state index contributed by atoms with van der Waals surface area (Å²) in [6, 6.07) is 7.14. The van der Waals surface area contributed by atoms with Crippen LogP contribution in [0.2, 0.25) is 0 Å². The van der Waals surface area contributed by atoms with Crippen molar-refractivity contribution in [1.29, 1.82) is 0 Å². The van der Waals surface area contributed by atoms with Crippen LogP contribution >= 0.6 is 0 Å². The number of nitrogens with one attached hydrogen (secondary N) is 2. The first-order valence-electron chi connectivity index (χ1n) is 6.05. The average Bonchev–Trinajstić information content (AvgIpc) is 2.51. The van der Waals surface area contributed by atoms with Crippen LogP contribution in [0.15, 0.2) is 18.2 Å². The van der Waals surface area contributed by atoms with Gasteiger partial charge in [0.05, 0.1) is 0 Å². The van der Waals surface area contributed by atoms with Crippen molar-refractivity contribution in [3.63, 3.8) is 0 Å². The van der Waals surface area contributed by atoms with Crippen LogP contribution in [0.5, 0.6) is 0 Å². The summed E-state index contributed by atoms with van der Waals surface area (Å²) in [5, 5.41) is 7.16. The number of rotatable bonds is 2. The van der Waals surface area contributed by atoms with Gasteiger partial charge in [-0.3, -0.25) is 0 Å². The summed E-state index contributed by atoms with van der Waals surface area (Å²) >= 11 is 0. The quantitative estimate of drug-likeness (QED) is 0.797. The number of aryl methyl sites for hydroxylation is 2. The molecule has 1 aliphatic heterocycles. The minimum atomic E-state index is 0.274. The van der Waals surface area contributed by atoms with Crippen LogP contribution in [-0.4, -0.2) is 18.1 Å². The van der Waals surface area contributed by atoms with E-state index in [0.717, 1.165) is 6.54 Å². The Morgan fingerprint density at radius 1 is 1.31 bits per heavy atom. The monoisotopic (exact) mass is 218 g/mol. The Balaban J connectivity index is 2.05. The van der Waals surface area contributed by atoms with Gasteiger partial charge in [-0.2, -0.15) is 0 Å². The summed E-state index contributed by atoms with van der Waals surface area (Å²) in [5.41, 5.74) is 4.21. The topological polar surface area (TPSA) is 24.1 Å². The fourth-order valence-electron chi connectivity index (χ4n) is 2.46. The van der Waals surface area contributed by atoms with Crippen molar-refractivity contribution in [3.05, 3.63) is 29.3 Å². The maximum Gasteiger partial charge on any atom is 0.0403 e. The molecule has 2 nitrogen and oxygen atoms in total. The van der Waals surface area contributed by atoms with E-state index in [9.17, 15) is 0 Å². The lowest BCUT2D eigenvalue weighted by atomic mass is 10.0. The van der Waals surface area contributed by atoms with Crippen molar-refractivity contribution in [2.45, 2.75) is 45.7 Å². The van der Waals surface area contributed by atoms with Crippen LogP contribution in [0.4, 0.5) is 5.69 Å². The highest BCUT2D eigenvalue weighted by Gasteiger charge is 2.30. The first kappa shape index (κ1) is 11.5. The van der Waals surface area contributed by atoms with E-state index in [0.29, 0.717) is 6.04 Å². The Morgan fingerprint density at radius 3 is 2.62 bits per heavy atom. The van der Waals surface area contributed by atoms with E-state index in [2.05, 4.69) is 56.5 Å². The molecule has 2 heteroatoms. The molecule has 1 aliphatic rings. The van der Waals surface area contributed by atoms with E-state index in [4.69, 9.17) is 0 Å². The number of hydrogen-bond donors (Lipinski definition) is 2. The van der Waals surface area contributed by atoms with Gasteiger partial charge in [0.25, 0.3) is 0 Å². The van der Waals surface area contributed by atoms with Gasteiger partial charge in [-0.05, 0) is 45.7 Å². The Hall–Kier alpha value is -1.02. The summed E-state index contributed by atoms with van der Waals surface area (Å²) < 4.78 is 0. The van der Waals surface area contributed by atoms with Gasteiger partial charge < -0.3 is 10.6 Å². The smallest absolute Gasteiger partial charge is 0.0403 e. The lowest BCUT2D eigenvalue weighted by Gasteiger charge is -2.19. The second kappa shape index (κ2) is 4.10. The summed E-state index contributed by atoms with van der Waals surface area (Å²) in [7, 11) is 0. The molecule has 2 rings (SSSR count). The molecule has 16 heavy (non-hydrogen) atoms. The summed E-state index contributed by atoms with van der Waals surface area (Å²) in [4.78, 5) is 0. The molecule has 1 aromatic carbocycles. The summed E-state index contributed by atoms with van der Waals surface area (Å²) in [6.07, 6.45) is 1.18. The molecule has 0 bridgehead atoms. The van der Waals surface area contributed by atoms with Gasteiger partial charge in [-0.25, -0.2) is 0 Å². The van der Waals surface area contributed by atoms with Crippen LogP contribution in [0, 0.1) is 13.8 Å². The largest absolute Gasteiger partial charge is 0.381 e. The number of hydrogen-bond acceptors (Lipinski definition) is 2. The molecule has 1 heterocycles. The maximum absolute atomic E-state index is 3.63. The van der Waals surface area contributed by atoms with E-state index in [1.165, 1.54) is 23.2 Å². The predicted octanol–water partition coefficient (Wildman–Crippen LogP) is 2.86. The van der Waals surface area contributed by atoms with E-state index >= 15 is 0 Å². The van der Waals surface area contributed by atoms with E-state index in [1.807, 2.05) is 0 Å². The van der Waals surface area contributed by atoms with Gasteiger partial charge in [0, 0.05) is 23.8 Å². The Bertz CT molecular complexity index is 382. The molecule has 1 fully saturated rings. The molecule has 0 radical (unpaired) electrons. The van der Waals surface area contributed by atoms with E-state index in [-0.39, 0.29) is 5.54 Å². The van der Waals surface area contributed by atoms with Crippen LogP contribution < -0.4 is 10.6 Å². The number of benzene rings is 1. The normalized spacial score (nSPS) is 23.4. The zero-order valence-electron chi connectivity index (χ0n) is 10.7. The van der Waals surface area contributed by atoms with Crippen molar-refractivity contribution < 1.29 is 0 Å². The van der Waals surface area contributed by atoms with Gasteiger partial charge in [0.1, 0.15) is 0 Å². The molecule has 0 spiro atoms. The zero-order chi connectivity index (χ0) is 11.8. The van der Waals surface area contributed by atoms with Crippen LogP contribution in [0.1, 0.15) is 31.4 Å². The third-order valence-corrected chi connectivity index (χ3v) is 3.33. The molecule has 1 unspecified atom stereocenters. The third-order valence-electron chi connectivity index (χ3n) is 3.33. The SMILES string of the molecule is Cc1ccc(NC2CNC(C)(C)C2)c(C)c1. The van der Waals surface area contributed by atoms with Crippen LogP contribution in [0.25, 0.3) is 0 Å². The molecular weight excluding hydrogens is 196 g/mol. The molecule has 1 saturated heterocycles. The van der Waals surface area contributed by atoms with Crippen molar-refractivity contribution in [2.75, 3.05) is 11.9 Å². The maximum atomic E-state index is 3.63. The number of anilines is 1. The second-order valence-electron chi connectivity index (χ2n) is 5.63. The minimum absolute atomic E-state index is 0.274. The molecule has 88 valence electrons. The van der Waals surface area contributed by atoms with Crippen molar-refractivity contribution in [1.82, 2.24) is 5.32 Å². The van der Waals surface area contributed by atoms with Crippen molar-refractivity contribution in [2.24, 2.45) is 0 Å². The Labute approximate surface area is 98.4 Å². The first-order valence-corrected chi connectivity index (χ1v) is 6.05. The van der Waals surface area contributed by atoms with Gasteiger partial charge in [0.2, 0.25) is 0 Å². The molecular formula is C14H22N2. The minimum Gasteiger partial charge on any atom is -0.381 e. The highest BCUT2D eigenvalue weighted by atomic mass is 15.1. The Morgan fingerprint density at radius 2 is 2.06 bits per heavy atom. The fourth-order valence-corrected chi connectivity index (χ4v) is 2.46. The lowest BCUT2D eigenvalue weighted by molar-refractivity contribution is 0.457. The molecule has 0 aliphatic carbocycles. The van der Waals surface area contributed by atoms with Gasteiger partial charge in [-0.1, -0.05) is 17.7 Å². The van der Waals surface area contributed by atoms with E-state index in [1.54, 1.807) is 0 Å². The fraction of sp³-hybridized carbons (Fsp3) is 0.571.